The zero-order chi connectivity index (χ0) is 23.6. The first-order chi connectivity index (χ1) is 15.8. The topological polar surface area (TPSA) is 45.7 Å². The molecular weight excluding hydrogens is 449 g/mol. The highest BCUT2D eigenvalue weighted by atomic mass is 32.1. The van der Waals surface area contributed by atoms with E-state index in [0.29, 0.717) is 5.41 Å². The Morgan fingerprint density at radius 2 is 1.97 bits per heavy atom. The van der Waals surface area contributed by atoms with Crippen molar-refractivity contribution in [1.82, 2.24) is 4.98 Å². The van der Waals surface area contributed by atoms with Crippen molar-refractivity contribution in [3.8, 4) is 10.6 Å². The molecule has 4 rings (SSSR count). The van der Waals surface area contributed by atoms with Gasteiger partial charge in [0.2, 0.25) is 5.43 Å². The lowest BCUT2D eigenvalue weighted by molar-refractivity contribution is 0.122. The summed E-state index contributed by atoms with van der Waals surface area (Å²) in [4.78, 5) is 23.8. The maximum atomic E-state index is 13.5. The van der Waals surface area contributed by atoms with Gasteiger partial charge in [-0.25, -0.2) is 4.98 Å². The lowest BCUT2D eigenvalue weighted by Crippen LogP contribution is -2.36. The average molecular weight is 486 g/mol. The van der Waals surface area contributed by atoms with E-state index in [1.807, 2.05) is 25.1 Å². The molecule has 7 heteroatoms. The third kappa shape index (κ3) is 5.50. The number of benzene rings is 2. The highest BCUT2D eigenvalue weighted by Crippen LogP contribution is 2.38. The summed E-state index contributed by atoms with van der Waals surface area (Å²) in [7, 11) is 4.90. The second kappa shape index (κ2) is 10.2. The number of hydrogen-bond acceptors (Lipinski definition) is 6. The lowest BCUT2D eigenvalue weighted by atomic mass is 9.88. The van der Waals surface area contributed by atoms with E-state index in [1.165, 1.54) is 11.8 Å². The number of hydrogen-bond donors (Lipinski definition) is 0. The number of aryl methyl sites for hydroxylation is 1. The number of ether oxygens (including phenoxy) is 1. The van der Waals surface area contributed by atoms with Gasteiger partial charge in [-0.15, -0.1) is 19.9 Å². The maximum Gasteiger partial charge on any atom is 0.206 e. The van der Waals surface area contributed by atoms with Crippen LogP contribution in [0.15, 0.2) is 29.1 Å². The van der Waals surface area contributed by atoms with Crippen LogP contribution in [0.25, 0.3) is 20.8 Å². The van der Waals surface area contributed by atoms with Crippen molar-refractivity contribution < 1.29 is 4.74 Å². The minimum absolute atomic E-state index is 0.157. The molecule has 1 unspecified atom stereocenters. The van der Waals surface area contributed by atoms with Crippen LogP contribution in [-0.4, -0.2) is 58.2 Å². The summed E-state index contributed by atoms with van der Waals surface area (Å²) >= 11 is 1.68. The van der Waals surface area contributed by atoms with Crippen LogP contribution in [0.3, 0.4) is 0 Å². The van der Waals surface area contributed by atoms with E-state index in [-0.39, 0.29) is 5.43 Å². The van der Waals surface area contributed by atoms with E-state index in [9.17, 15) is 4.79 Å². The molecule has 3 aliphatic rings. The summed E-state index contributed by atoms with van der Waals surface area (Å²) in [5.74, 6) is 0. The fourth-order valence-electron chi connectivity index (χ4n) is 4.71. The van der Waals surface area contributed by atoms with Gasteiger partial charge in [0.15, 0.2) is 0 Å². The molecule has 0 amide bonds. The predicted octanol–water partition coefficient (Wildman–Crippen LogP) is 5.32. The quantitative estimate of drug-likeness (QED) is 0.319. The molecule has 0 spiro atoms. The first-order valence-electron chi connectivity index (χ1n) is 11.8. The monoisotopic (exact) mass is 485 g/mol. The fraction of sp³-hybridized carbons (Fsp3) is 0.538. The van der Waals surface area contributed by atoms with Crippen molar-refractivity contribution in [3.63, 3.8) is 0 Å². The summed E-state index contributed by atoms with van der Waals surface area (Å²) < 4.78 is 6.61. The van der Waals surface area contributed by atoms with Crippen molar-refractivity contribution in [1.29, 1.82) is 0 Å². The molecule has 2 aliphatic heterocycles. The van der Waals surface area contributed by atoms with Gasteiger partial charge in [-0.2, -0.15) is 0 Å². The van der Waals surface area contributed by atoms with Crippen LogP contribution >= 0.6 is 19.9 Å². The van der Waals surface area contributed by atoms with E-state index in [0.717, 1.165) is 86.2 Å². The first kappa shape index (κ1) is 24.4. The largest absolute Gasteiger partial charge is 0.378 e. The van der Waals surface area contributed by atoms with Crippen molar-refractivity contribution in [2.24, 2.45) is 5.41 Å². The molecular formula is C26H36N3O2PS. The number of fused-ring (bicyclic) bond motifs is 2. The van der Waals surface area contributed by atoms with Gasteiger partial charge in [0.05, 0.1) is 34.0 Å². The fourth-order valence-corrected chi connectivity index (χ4v) is 7.04. The molecule has 5 nitrogen and oxygen atoms in total. The molecule has 1 aliphatic carbocycles. The third-order valence-corrected chi connectivity index (χ3v) is 8.90. The Bertz CT molecular complexity index is 1140. The highest BCUT2D eigenvalue weighted by molar-refractivity contribution is 7.37. The summed E-state index contributed by atoms with van der Waals surface area (Å²) in [5, 5.41) is 0. The van der Waals surface area contributed by atoms with E-state index in [2.05, 4.69) is 43.6 Å². The Balaban J connectivity index is 1.70. The SMILES string of the molecule is CPCC(C)(C)CCCc1cc2nc3ccc(N4CCOCC4)cc3sc-2c(N(C)C)c1=O. The van der Waals surface area contributed by atoms with Gasteiger partial charge in [-0.05, 0) is 61.8 Å². The van der Waals surface area contributed by atoms with Gasteiger partial charge in [0, 0.05) is 38.4 Å². The predicted molar refractivity (Wildman–Crippen MR) is 146 cm³/mol. The molecule has 0 bridgehead atoms. The third-order valence-electron chi connectivity index (χ3n) is 6.44. The number of aromatic nitrogens is 1. The Morgan fingerprint density at radius 1 is 1.21 bits per heavy atom. The van der Waals surface area contributed by atoms with Crippen molar-refractivity contribution in [2.45, 2.75) is 33.1 Å². The molecule has 0 radical (unpaired) electrons. The Kier molecular flexibility index (Phi) is 7.57. The second-order valence-electron chi connectivity index (χ2n) is 9.97. The Labute approximate surface area is 203 Å². The van der Waals surface area contributed by atoms with Gasteiger partial charge in [0.1, 0.15) is 5.69 Å². The van der Waals surface area contributed by atoms with Gasteiger partial charge >= 0.3 is 0 Å². The smallest absolute Gasteiger partial charge is 0.206 e. The van der Waals surface area contributed by atoms with Crippen LogP contribution in [0.1, 0.15) is 32.3 Å². The average Bonchev–Trinajstić information content (AvgIpc) is 2.78. The minimum Gasteiger partial charge on any atom is -0.378 e. The molecule has 1 saturated heterocycles. The summed E-state index contributed by atoms with van der Waals surface area (Å²) in [6.45, 7) is 10.3. The number of anilines is 2. The van der Waals surface area contributed by atoms with E-state index in [1.54, 1.807) is 11.3 Å². The Hall–Kier alpha value is -1.75. The van der Waals surface area contributed by atoms with Gasteiger partial charge in [-0.3, -0.25) is 4.79 Å². The molecule has 1 aromatic rings. The van der Waals surface area contributed by atoms with Crippen LogP contribution in [0.2, 0.25) is 0 Å². The highest BCUT2D eigenvalue weighted by Gasteiger charge is 2.22. The zero-order valence-electron chi connectivity index (χ0n) is 20.5. The molecule has 178 valence electrons. The minimum atomic E-state index is 0.157. The molecule has 1 aromatic carbocycles. The van der Waals surface area contributed by atoms with Gasteiger partial charge in [0.25, 0.3) is 0 Å². The molecule has 33 heavy (non-hydrogen) atoms. The van der Waals surface area contributed by atoms with Crippen LogP contribution in [0.5, 0.6) is 0 Å². The molecule has 0 aromatic heterocycles. The van der Waals surface area contributed by atoms with E-state index in [4.69, 9.17) is 9.72 Å². The van der Waals surface area contributed by atoms with Gasteiger partial charge < -0.3 is 14.5 Å². The van der Waals surface area contributed by atoms with Crippen LogP contribution < -0.4 is 15.2 Å². The van der Waals surface area contributed by atoms with Crippen molar-refractivity contribution in [3.05, 3.63) is 40.1 Å². The molecule has 0 N–H and O–H groups in total. The number of morpholine rings is 1. The standard InChI is InChI=1S/C26H36N3O2PS/c1-26(2,17-32-5)10-6-7-18-15-21-25(23(24(18)30)28(3)4)33-22-16-19(8-9-20(22)27-21)29-11-13-31-14-12-29/h8-9,15-16,32H,6-7,10-14,17H2,1-5H3. The van der Waals surface area contributed by atoms with Crippen LogP contribution in [0, 0.1) is 5.41 Å². The van der Waals surface area contributed by atoms with Crippen LogP contribution in [0.4, 0.5) is 11.4 Å². The first-order valence-corrected chi connectivity index (χ1v) is 14.4. The molecule has 0 saturated carbocycles. The molecule has 2 heterocycles. The van der Waals surface area contributed by atoms with E-state index >= 15 is 0 Å². The molecule has 1 atom stereocenters. The summed E-state index contributed by atoms with van der Waals surface area (Å²) in [6, 6.07) is 8.53. The maximum absolute atomic E-state index is 13.5. The summed E-state index contributed by atoms with van der Waals surface area (Å²) in [5.41, 5.74) is 5.28. The second-order valence-corrected chi connectivity index (χ2v) is 12.1. The number of nitrogens with zero attached hydrogens (tertiary/aromatic N) is 3. The van der Waals surface area contributed by atoms with E-state index < -0.39 is 0 Å². The lowest BCUT2D eigenvalue weighted by Gasteiger charge is -2.29. The number of rotatable bonds is 8. The normalized spacial score (nSPS) is 15.2. The van der Waals surface area contributed by atoms with Crippen molar-refractivity contribution in [2.75, 3.05) is 63.0 Å². The van der Waals surface area contributed by atoms with Gasteiger partial charge in [-0.1, -0.05) is 13.8 Å². The molecule has 1 fully saturated rings. The Morgan fingerprint density at radius 3 is 2.67 bits per heavy atom. The van der Waals surface area contributed by atoms with Crippen molar-refractivity contribution >= 4 is 41.5 Å². The summed E-state index contributed by atoms with van der Waals surface area (Å²) in [6.07, 6.45) is 4.23. The zero-order valence-corrected chi connectivity index (χ0v) is 22.3. The van der Waals surface area contributed by atoms with Crippen LogP contribution in [-0.2, 0) is 11.2 Å².